The first-order valence-electron chi connectivity index (χ1n) is 9.10. The molecule has 5 nitrogen and oxygen atoms in total. The van der Waals surface area contributed by atoms with Gasteiger partial charge in [0.25, 0.3) is 0 Å². The monoisotopic (exact) mass is 338 g/mol. The summed E-state index contributed by atoms with van der Waals surface area (Å²) in [5.74, 6) is 2.28. The van der Waals surface area contributed by atoms with Crippen molar-refractivity contribution in [1.29, 1.82) is 0 Å². The zero-order valence-electron chi connectivity index (χ0n) is 14.4. The lowest BCUT2D eigenvalue weighted by molar-refractivity contribution is -0.128. The topological polar surface area (TPSA) is 47.9 Å². The number of aliphatic imine (C=N–C) groups is 1. The number of nitrogens with zero attached hydrogens (tertiary/aromatic N) is 3. The molecule has 3 aliphatic rings. The minimum absolute atomic E-state index is 0.211. The van der Waals surface area contributed by atoms with Gasteiger partial charge in [-0.05, 0) is 25.7 Å². The molecular formula is C17H30N4OS. The summed E-state index contributed by atoms with van der Waals surface area (Å²) in [6.45, 7) is 4.33. The van der Waals surface area contributed by atoms with E-state index in [1.54, 1.807) is 0 Å². The van der Waals surface area contributed by atoms with Crippen molar-refractivity contribution in [2.45, 2.75) is 49.7 Å². The third-order valence-electron chi connectivity index (χ3n) is 5.38. The van der Waals surface area contributed by atoms with E-state index in [-0.39, 0.29) is 5.91 Å². The number of guanidine groups is 1. The molecule has 0 aromatic rings. The van der Waals surface area contributed by atoms with Crippen molar-refractivity contribution >= 4 is 23.6 Å². The minimum Gasteiger partial charge on any atom is -0.347 e. The fraction of sp³-hybridized carbons (Fsp3) is 0.882. The molecule has 1 aliphatic carbocycles. The summed E-state index contributed by atoms with van der Waals surface area (Å²) < 4.78 is 0.424. The van der Waals surface area contributed by atoms with Crippen molar-refractivity contribution in [2.24, 2.45) is 4.99 Å². The summed E-state index contributed by atoms with van der Waals surface area (Å²) in [7, 11) is 1.83. The lowest BCUT2D eigenvalue weighted by atomic mass is 9.87. The third kappa shape index (κ3) is 4.14. The van der Waals surface area contributed by atoms with Gasteiger partial charge in [0.2, 0.25) is 5.91 Å². The second-order valence-electron chi connectivity index (χ2n) is 7.00. The molecule has 2 aliphatic heterocycles. The highest BCUT2D eigenvalue weighted by Crippen LogP contribution is 2.42. The molecule has 0 atom stereocenters. The number of carbonyl (C=O) groups is 1. The van der Waals surface area contributed by atoms with Gasteiger partial charge in [-0.3, -0.25) is 9.79 Å². The number of thioether (sulfide) groups is 1. The highest BCUT2D eigenvalue weighted by Gasteiger charge is 2.38. The molecule has 2 saturated heterocycles. The predicted octanol–water partition coefficient (Wildman–Crippen LogP) is 1.94. The number of carbonyl (C=O) groups excluding carboxylic acids is 1. The van der Waals surface area contributed by atoms with Gasteiger partial charge in [-0.15, -0.1) is 0 Å². The molecule has 1 amide bonds. The van der Waals surface area contributed by atoms with Crippen LogP contribution in [-0.4, -0.2) is 71.9 Å². The number of amides is 1. The van der Waals surface area contributed by atoms with Crippen molar-refractivity contribution in [1.82, 2.24) is 15.1 Å². The van der Waals surface area contributed by atoms with E-state index < -0.39 is 0 Å². The Balaban J connectivity index is 1.54. The van der Waals surface area contributed by atoms with E-state index in [1.807, 2.05) is 11.9 Å². The zero-order valence-corrected chi connectivity index (χ0v) is 15.2. The second kappa shape index (κ2) is 7.77. The summed E-state index contributed by atoms with van der Waals surface area (Å²) in [6.07, 6.45) is 9.06. The van der Waals surface area contributed by atoms with Crippen LogP contribution in [0.15, 0.2) is 4.99 Å². The maximum atomic E-state index is 12.2. The van der Waals surface area contributed by atoms with Gasteiger partial charge in [0.05, 0.1) is 6.54 Å². The Labute approximate surface area is 144 Å². The SMILES string of the molecule is CN=C(NCC(=O)N1CCCC1)N1CCSC2(CCCCC2)C1. The van der Waals surface area contributed by atoms with Crippen LogP contribution in [0.3, 0.4) is 0 Å². The molecule has 0 aromatic heterocycles. The van der Waals surface area contributed by atoms with E-state index in [4.69, 9.17) is 0 Å². The highest BCUT2D eigenvalue weighted by molar-refractivity contribution is 8.00. The van der Waals surface area contributed by atoms with Gasteiger partial charge in [-0.1, -0.05) is 19.3 Å². The maximum Gasteiger partial charge on any atom is 0.241 e. The Morgan fingerprint density at radius 1 is 1.09 bits per heavy atom. The lowest BCUT2D eigenvalue weighted by Gasteiger charge is -2.45. The molecule has 130 valence electrons. The first-order chi connectivity index (χ1) is 11.2. The fourth-order valence-electron chi connectivity index (χ4n) is 4.09. The maximum absolute atomic E-state index is 12.2. The largest absolute Gasteiger partial charge is 0.347 e. The van der Waals surface area contributed by atoms with Crippen molar-refractivity contribution < 1.29 is 4.79 Å². The van der Waals surface area contributed by atoms with Crippen LogP contribution in [-0.2, 0) is 4.79 Å². The van der Waals surface area contributed by atoms with Crippen LogP contribution in [0.2, 0.25) is 0 Å². The van der Waals surface area contributed by atoms with Gasteiger partial charge in [0.15, 0.2) is 5.96 Å². The molecule has 23 heavy (non-hydrogen) atoms. The lowest BCUT2D eigenvalue weighted by Crippen LogP contribution is -2.54. The molecule has 6 heteroatoms. The molecule has 0 bridgehead atoms. The summed E-state index contributed by atoms with van der Waals surface area (Å²) in [5, 5.41) is 3.31. The van der Waals surface area contributed by atoms with Gasteiger partial charge < -0.3 is 15.1 Å². The number of hydrogen-bond donors (Lipinski definition) is 1. The smallest absolute Gasteiger partial charge is 0.241 e. The first-order valence-corrected chi connectivity index (χ1v) is 10.1. The Kier molecular flexibility index (Phi) is 5.72. The van der Waals surface area contributed by atoms with Crippen molar-refractivity contribution in [3.8, 4) is 0 Å². The highest BCUT2D eigenvalue weighted by atomic mass is 32.2. The van der Waals surface area contributed by atoms with E-state index in [9.17, 15) is 4.79 Å². The summed E-state index contributed by atoms with van der Waals surface area (Å²) >= 11 is 2.16. The van der Waals surface area contributed by atoms with Crippen molar-refractivity contribution in [3.05, 3.63) is 0 Å². The summed E-state index contributed by atoms with van der Waals surface area (Å²) in [5.41, 5.74) is 0. The molecule has 0 radical (unpaired) electrons. The molecular weight excluding hydrogens is 308 g/mol. The van der Waals surface area contributed by atoms with Crippen LogP contribution in [0.4, 0.5) is 0 Å². The van der Waals surface area contributed by atoms with Crippen LogP contribution < -0.4 is 5.32 Å². The van der Waals surface area contributed by atoms with Gasteiger partial charge >= 0.3 is 0 Å². The number of nitrogens with one attached hydrogen (secondary N) is 1. The standard InChI is InChI=1S/C17H30N4OS/c1-18-16(19-13-15(22)20-9-5-6-10-20)21-11-12-23-17(14-21)7-3-2-4-8-17/h2-14H2,1H3,(H,18,19). The Morgan fingerprint density at radius 2 is 1.83 bits per heavy atom. The van der Waals surface area contributed by atoms with E-state index in [2.05, 4.69) is 27.0 Å². The van der Waals surface area contributed by atoms with E-state index >= 15 is 0 Å². The van der Waals surface area contributed by atoms with Gasteiger partial charge in [-0.2, -0.15) is 11.8 Å². The van der Waals surface area contributed by atoms with Crippen LogP contribution in [0.25, 0.3) is 0 Å². The molecule has 1 saturated carbocycles. The van der Waals surface area contributed by atoms with Crippen molar-refractivity contribution in [3.63, 3.8) is 0 Å². The van der Waals surface area contributed by atoms with Crippen LogP contribution >= 0.6 is 11.8 Å². The Hall–Kier alpha value is -0.910. The quantitative estimate of drug-likeness (QED) is 0.617. The van der Waals surface area contributed by atoms with Gasteiger partial charge in [0.1, 0.15) is 0 Å². The second-order valence-corrected chi connectivity index (χ2v) is 8.57. The van der Waals surface area contributed by atoms with E-state index in [1.165, 1.54) is 37.9 Å². The molecule has 3 fully saturated rings. The molecule has 0 aromatic carbocycles. The summed E-state index contributed by atoms with van der Waals surface area (Å²) in [4.78, 5) is 21.0. The zero-order chi connectivity index (χ0) is 16.1. The first kappa shape index (κ1) is 16.9. The number of rotatable bonds is 2. The van der Waals surface area contributed by atoms with Crippen LogP contribution in [0.1, 0.15) is 44.9 Å². The molecule has 2 heterocycles. The van der Waals surface area contributed by atoms with Crippen LogP contribution in [0.5, 0.6) is 0 Å². The van der Waals surface area contributed by atoms with Gasteiger partial charge in [0, 0.05) is 43.7 Å². The average molecular weight is 339 g/mol. The minimum atomic E-state index is 0.211. The van der Waals surface area contributed by atoms with Gasteiger partial charge in [-0.25, -0.2) is 0 Å². The Bertz CT molecular complexity index is 436. The van der Waals surface area contributed by atoms with E-state index in [0.717, 1.165) is 45.0 Å². The number of likely N-dealkylation sites (tertiary alicyclic amines) is 1. The molecule has 0 unspecified atom stereocenters. The molecule has 1 spiro atoms. The predicted molar refractivity (Wildman–Crippen MR) is 97.0 cm³/mol. The molecule has 1 N–H and O–H groups in total. The Morgan fingerprint density at radius 3 is 2.52 bits per heavy atom. The van der Waals surface area contributed by atoms with E-state index in [0.29, 0.717) is 11.3 Å². The van der Waals surface area contributed by atoms with Crippen molar-refractivity contribution in [2.75, 3.05) is 45.5 Å². The molecule has 3 rings (SSSR count). The summed E-state index contributed by atoms with van der Waals surface area (Å²) in [6, 6.07) is 0. The third-order valence-corrected chi connectivity index (χ3v) is 6.92. The number of hydrogen-bond acceptors (Lipinski definition) is 3. The fourth-order valence-corrected chi connectivity index (χ4v) is 5.66. The van der Waals surface area contributed by atoms with Crippen LogP contribution in [0, 0.1) is 0 Å². The normalized spacial score (nSPS) is 25.0. The average Bonchev–Trinajstić information content (AvgIpc) is 3.11.